The predicted octanol–water partition coefficient (Wildman–Crippen LogP) is 8.18. The second-order valence-electron chi connectivity index (χ2n) is 12.2. The van der Waals surface area contributed by atoms with E-state index in [-0.39, 0.29) is 12.3 Å². The molecule has 7 aromatic rings. The molecule has 49 heavy (non-hydrogen) atoms. The van der Waals surface area contributed by atoms with Crippen LogP contribution < -0.4 is 5.73 Å². The fraction of sp³-hybridized carbons (Fsp3) is 0.171. The quantitative estimate of drug-likeness (QED) is 0.0550. The van der Waals surface area contributed by atoms with E-state index < -0.39 is 0 Å². The number of rotatable bonds is 11. The summed E-state index contributed by atoms with van der Waals surface area (Å²) in [5, 5.41) is 24.0. The molecule has 6 N–H and O–H groups in total. The van der Waals surface area contributed by atoms with Crippen molar-refractivity contribution >= 4 is 50.7 Å². The monoisotopic (exact) mass is 647 g/mol. The Morgan fingerprint density at radius 1 is 0.735 bits per heavy atom. The summed E-state index contributed by atoms with van der Waals surface area (Å²) in [4.78, 5) is 22.0. The maximum absolute atomic E-state index is 9.78. The Bertz CT molecular complexity index is 2180. The van der Waals surface area contributed by atoms with Gasteiger partial charge >= 0.3 is 0 Å². The number of hydrogen-bond donors (Lipinski definition) is 5. The van der Waals surface area contributed by atoms with E-state index in [1.54, 1.807) is 0 Å². The normalized spacial score (nSPS) is 11.6. The molecular formula is C41H41N7O. The van der Waals surface area contributed by atoms with Gasteiger partial charge in [0.2, 0.25) is 6.41 Å². The third-order valence-corrected chi connectivity index (χ3v) is 9.07. The Labute approximate surface area is 286 Å². The number of amidine groups is 2. The van der Waals surface area contributed by atoms with Crippen LogP contribution in [0.25, 0.3) is 32.6 Å². The van der Waals surface area contributed by atoms with Crippen molar-refractivity contribution in [2.75, 3.05) is 0 Å². The Morgan fingerprint density at radius 3 is 2.06 bits per heavy atom. The molecule has 0 spiro atoms. The van der Waals surface area contributed by atoms with Gasteiger partial charge in [-0.05, 0) is 77.4 Å². The van der Waals surface area contributed by atoms with Gasteiger partial charge in [0, 0.05) is 58.4 Å². The van der Waals surface area contributed by atoms with Crippen LogP contribution in [0.1, 0.15) is 35.2 Å². The maximum atomic E-state index is 9.78. The minimum absolute atomic E-state index is 0.168. The van der Waals surface area contributed by atoms with E-state index in [1.165, 1.54) is 27.3 Å². The summed E-state index contributed by atoms with van der Waals surface area (Å²) in [6.45, 7) is 0.471. The summed E-state index contributed by atoms with van der Waals surface area (Å²) >= 11 is 0. The molecule has 0 aliphatic heterocycles. The highest BCUT2D eigenvalue weighted by atomic mass is 16.1. The number of para-hydroxylation sites is 2. The second-order valence-corrected chi connectivity index (χ2v) is 12.2. The summed E-state index contributed by atoms with van der Waals surface area (Å²) < 4.78 is 0. The van der Waals surface area contributed by atoms with Crippen LogP contribution in [0.5, 0.6) is 0 Å². The number of amides is 1. The molecule has 0 saturated carbocycles. The van der Waals surface area contributed by atoms with Crippen LogP contribution in [0.3, 0.4) is 0 Å². The number of nitrogens with two attached hydrogens (primary N) is 1. The number of nitrogens with one attached hydrogen (secondary N) is 4. The molecule has 0 bridgehead atoms. The molecule has 7 rings (SSSR count). The Morgan fingerprint density at radius 2 is 1.35 bits per heavy atom. The smallest absolute Gasteiger partial charge is 0.204 e. The van der Waals surface area contributed by atoms with Crippen LogP contribution in [0.15, 0.2) is 128 Å². The van der Waals surface area contributed by atoms with Gasteiger partial charge in [0.25, 0.3) is 0 Å². The Kier molecular flexibility index (Phi) is 10.6. The number of carbonyl (C=O) groups excluding carboxylic acids is 1. The summed E-state index contributed by atoms with van der Waals surface area (Å²) in [5.74, 6) is 0.765. The molecule has 0 radical (unpaired) electrons. The van der Waals surface area contributed by atoms with Crippen molar-refractivity contribution in [2.24, 2.45) is 11.7 Å². The fourth-order valence-electron chi connectivity index (χ4n) is 6.67. The van der Waals surface area contributed by atoms with E-state index in [2.05, 4.69) is 112 Å². The molecule has 3 heterocycles. The standard InChI is InChI=1S/C40H38N6.CH3NO/c41-39(21-10-13-29-25-44-37-19-5-3-17-35(29)37)46(27-30-14-9-12-28-11-1-2-16-34(28)30)40(42)31(24-33-15-7-8-22-43-33)23-32-26-45-38-20-6-4-18-36(32)38;2-1-3/h1-9,11-12,14-20,22,25-26,31,41-42,44-45H,10,13,21,23-24,27H2;1H,(H2,2,3)/t31-;/m0./s1. The molecular weight excluding hydrogens is 606 g/mol. The van der Waals surface area contributed by atoms with Crippen LogP contribution in [0.2, 0.25) is 0 Å². The number of pyridine rings is 1. The van der Waals surface area contributed by atoms with Crippen LogP contribution in [-0.2, 0) is 30.6 Å². The molecule has 0 fully saturated rings. The predicted molar refractivity (Wildman–Crippen MR) is 200 cm³/mol. The average Bonchev–Trinajstić information content (AvgIpc) is 3.75. The van der Waals surface area contributed by atoms with Crippen molar-refractivity contribution in [1.82, 2.24) is 19.9 Å². The Balaban J connectivity index is 0.00000134. The van der Waals surface area contributed by atoms with Gasteiger partial charge in [-0.15, -0.1) is 0 Å². The lowest BCUT2D eigenvalue weighted by atomic mass is 9.91. The molecule has 3 aromatic heterocycles. The van der Waals surface area contributed by atoms with Crippen LogP contribution in [-0.4, -0.2) is 37.9 Å². The van der Waals surface area contributed by atoms with Crippen molar-refractivity contribution in [2.45, 2.75) is 38.6 Å². The van der Waals surface area contributed by atoms with Crippen LogP contribution in [0.4, 0.5) is 0 Å². The molecule has 4 aromatic carbocycles. The number of H-pyrrole nitrogens is 2. The number of carbonyl (C=O) groups is 1. The number of aryl methyl sites for hydroxylation is 1. The number of fused-ring (bicyclic) bond motifs is 3. The zero-order chi connectivity index (χ0) is 34.0. The van der Waals surface area contributed by atoms with Gasteiger partial charge in [0.1, 0.15) is 11.7 Å². The summed E-state index contributed by atoms with van der Waals surface area (Å²) in [6.07, 6.45) is 9.81. The van der Waals surface area contributed by atoms with Crippen LogP contribution >= 0.6 is 0 Å². The number of hydrogen-bond acceptors (Lipinski definition) is 4. The lowest BCUT2D eigenvalue weighted by Gasteiger charge is -2.31. The molecule has 8 heteroatoms. The average molecular weight is 648 g/mol. The van der Waals surface area contributed by atoms with Gasteiger partial charge < -0.3 is 20.6 Å². The lowest BCUT2D eigenvalue weighted by Crippen LogP contribution is -2.41. The highest BCUT2D eigenvalue weighted by Gasteiger charge is 2.26. The SMILES string of the molecule is N=C(CCCc1c[nH]c2ccccc12)N(Cc1cccc2ccccc12)C(=N)[C@H](Cc1ccccn1)Cc1c[nH]c2ccccc12.NC=O. The Hall–Kier alpha value is -6.02. The summed E-state index contributed by atoms with van der Waals surface area (Å²) in [6, 6.07) is 37.4. The van der Waals surface area contributed by atoms with Crippen molar-refractivity contribution in [1.29, 1.82) is 10.8 Å². The minimum Gasteiger partial charge on any atom is -0.372 e. The van der Waals surface area contributed by atoms with Gasteiger partial charge in [-0.3, -0.25) is 20.6 Å². The number of aromatic nitrogens is 3. The van der Waals surface area contributed by atoms with E-state index >= 15 is 0 Å². The van der Waals surface area contributed by atoms with Crippen molar-refractivity contribution < 1.29 is 4.79 Å². The number of aromatic amines is 2. The number of benzene rings is 4. The molecule has 1 atom stereocenters. The summed E-state index contributed by atoms with van der Waals surface area (Å²) in [7, 11) is 0. The third kappa shape index (κ3) is 7.76. The van der Waals surface area contributed by atoms with Gasteiger partial charge in [0.15, 0.2) is 0 Å². The molecule has 0 aliphatic rings. The first-order chi connectivity index (χ1) is 24.1. The zero-order valence-corrected chi connectivity index (χ0v) is 27.4. The van der Waals surface area contributed by atoms with E-state index in [0.29, 0.717) is 37.5 Å². The maximum Gasteiger partial charge on any atom is 0.204 e. The summed E-state index contributed by atoms with van der Waals surface area (Å²) in [5.41, 5.74) is 10.9. The molecule has 0 aliphatic carbocycles. The van der Waals surface area contributed by atoms with Gasteiger partial charge in [-0.25, -0.2) is 0 Å². The van der Waals surface area contributed by atoms with Crippen molar-refractivity contribution in [3.8, 4) is 0 Å². The zero-order valence-electron chi connectivity index (χ0n) is 27.4. The van der Waals surface area contributed by atoms with Gasteiger partial charge in [-0.1, -0.05) is 84.9 Å². The topological polar surface area (TPSA) is 138 Å². The first-order valence-corrected chi connectivity index (χ1v) is 16.6. The van der Waals surface area contributed by atoms with E-state index in [9.17, 15) is 10.8 Å². The fourth-order valence-corrected chi connectivity index (χ4v) is 6.67. The van der Waals surface area contributed by atoms with E-state index in [1.807, 2.05) is 41.4 Å². The highest BCUT2D eigenvalue weighted by molar-refractivity contribution is 6.00. The van der Waals surface area contributed by atoms with E-state index in [4.69, 9.17) is 4.79 Å². The highest BCUT2D eigenvalue weighted by Crippen LogP contribution is 2.27. The van der Waals surface area contributed by atoms with Crippen molar-refractivity contribution in [3.63, 3.8) is 0 Å². The van der Waals surface area contributed by atoms with Crippen LogP contribution in [0, 0.1) is 16.7 Å². The number of primary amides is 1. The number of nitrogens with zero attached hydrogens (tertiary/aromatic N) is 2. The second kappa shape index (κ2) is 15.7. The first-order valence-electron chi connectivity index (χ1n) is 16.6. The molecule has 1 amide bonds. The van der Waals surface area contributed by atoms with Gasteiger partial charge in [0.05, 0.1) is 6.54 Å². The lowest BCUT2D eigenvalue weighted by molar-refractivity contribution is -0.106. The molecule has 8 nitrogen and oxygen atoms in total. The van der Waals surface area contributed by atoms with Gasteiger partial charge in [-0.2, -0.15) is 0 Å². The van der Waals surface area contributed by atoms with E-state index in [0.717, 1.165) is 40.5 Å². The van der Waals surface area contributed by atoms with Crippen molar-refractivity contribution in [3.05, 3.63) is 150 Å². The first kappa shape index (κ1) is 32.9. The molecule has 246 valence electrons. The largest absolute Gasteiger partial charge is 0.372 e. The third-order valence-electron chi connectivity index (χ3n) is 9.07. The molecule has 0 saturated heterocycles. The molecule has 0 unspecified atom stereocenters. The minimum atomic E-state index is -0.168.